The summed E-state index contributed by atoms with van der Waals surface area (Å²) in [5.74, 6) is -0.167. The molecule has 0 aliphatic carbocycles. The van der Waals surface area contributed by atoms with E-state index in [-0.39, 0.29) is 5.92 Å². The lowest BCUT2D eigenvalue weighted by molar-refractivity contribution is 0.887. The second-order valence-electron chi connectivity index (χ2n) is 3.89. The third-order valence-electron chi connectivity index (χ3n) is 2.72. The van der Waals surface area contributed by atoms with Crippen LogP contribution in [0.1, 0.15) is 17.0 Å². The van der Waals surface area contributed by atoms with Crippen LogP contribution in [0.25, 0.3) is 0 Å². The fourth-order valence-corrected chi connectivity index (χ4v) is 2.80. The van der Waals surface area contributed by atoms with Gasteiger partial charge in [-0.05, 0) is 29.3 Å². The zero-order valence-corrected chi connectivity index (χ0v) is 12.3. The van der Waals surface area contributed by atoms with Crippen LogP contribution in [-0.2, 0) is 0 Å². The van der Waals surface area contributed by atoms with E-state index < -0.39 is 4.84 Å². The quantitative estimate of drug-likeness (QED) is 0.615. The monoisotopic (exact) mass is 320 g/mol. The van der Waals surface area contributed by atoms with E-state index in [1.54, 1.807) is 0 Å². The lowest BCUT2D eigenvalue weighted by atomic mass is 10.1. The van der Waals surface area contributed by atoms with Crippen molar-refractivity contribution < 1.29 is 0 Å². The fourth-order valence-electron chi connectivity index (χ4n) is 1.86. The standard InChI is InChI=1S/C14H10Cl4/c15-10-7-5-9(6-8-10)13(14(17)18)11-3-1-2-4-12(11)16/h1-8,13-14H/i11+2. The van der Waals surface area contributed by atoms with Crippen LogP contribution in [0.4, 0.5) is 0 Å². The maximum Gasteiger partial charge on any atom is 0.118 e. The highest BCUT2D eigenvalue weighted by Gasteiger charge is 2.23. The minimum Gasteiger partial charge on any atom is -0.104 e. The van der Waals surface area contributed by atoms with Gasteiger partial charge in [-0.15, -0.1) is 23.2 Å². The zero-order valence-electron chi connectivity index (χ0n) is 9.29. The first kappa shape index (κ1) is 14.0. The molecule has 0 nitrogen and oxygen atoms in total. The van der Waals surface area contributed by atoms with E-state index in [9.17, 15) is 0 Å². The minimum atomic E-state index is -0.578. The van der Waals surface area contributed by atoms with Crippen LogP contribution in [-0.4, -0.2) is 4.84 Å². The molecule has 2 rings (SSSR count). The summed E-state index contributed by atoms with van der Waals surface area (Å²) in [4.78, 5) is -0.578. The van der Waals surface area contributed by atoms with Gasteiger partial charge in [0.05, 0.1) is 0 Å². The topological polar surface area (TPSA) is 0 Å². The van der Waals surface area contributed by atoms with Gasteiger partial charge in [0, 0.05) is 16.0 Å². The molecule has 0 heterocycles. The molecule has 0 N–H and O–H groups in total. The molecule has 0 fully saturated rings. The first-order valence-electron chi connectivity index (χ1n) is 5.37. The van der Waals surface area contributed by atoms with Crippen molar-refractivity contribution in [2.45, 2.75) is 10.8 Å². The molecular formula is C14H10Cl4. The van der Waals surface area contributed by atoms with Gasteiger partial charge in [0.15, 0.2) is 0 Å². The SMILES string of the molecule is Clc1ccc(C(C(Cl)Cl)[14c]2ccccc2Cl)cc1. The van der Waals surface area contributed by atoms with Crippen molar-refractivity contribution in [1.82, 2.24) is 0 Å². The van der Waals surface area contributed by atoms with Gasteiger partial charge in [0.25, 0.3) is 0 Å². The van der Waals surface area contributed by atoms with Crippen LogP contribution >= 0.6 is 46.4 Å². The van der Waals surface area contributed by atoms with E-state index in [0.29, 0.717) is 10.0 Å². The van der Waals surface area contributed by atoms with Crippen molar-refractivity contribution in [3.8, 4) is 0 Å². The lowest BCUT2D eigenvalue weighted by Crippen LogP contribution is -2.09. The summed E-state index contributed by atoms with van der Waals surface area (Å²) in [6.45, 7) is 0. The van der Waals surface area contributed by atoms with Gasteiger partial charge in [-0.1, -0.05) is 53.5 Å². The van der Waals surface area contributed by atoms with Crippen LogP contribution in [0.15, 0.2) is 48.5 Å². The molecule has 0 saturated heterocycles. The van der Waals surface area contributed by atoms with Gasteiger partial charge in [-0.2, -0.15) is 0 Å². The van der Waals surface area contributed by atoms with Gasteiger partial charge in [0.1, 0.15) is 4.84 Å². The van der Waals surface area contributed by atoms with Crippen LogP contribution in [0.5, 0.6) is 0 Å². The van der Waals surface area contributed by atoms with E-state index in [0.717, 1.165) is 11.1 Å². The molecule has 4 heteroatoms. The summed E-state index contributed by atoms with van der Waals surface area (Å²) in [5.41, 5.74) is 1.90. The summed E-state index contributed by atoms with van der Waals surface area (Å²) in [6, 6.07) is 15.0. The molecule has 0 bridgehead atoms. The van der Waals surface area contributed by atoms with Crippen LogP contribution in [0.3, 0.4) is 0 Å². The molecule has 0 radical (unpaired) electrons. The average Bonchev–Trinajstić information content (AvgIpc) is 2.34. The van der Waals surface area contributed by atoms with Crippen molar-refractivity contribution in [2.24, 2.45) is 0 Å². The van der Waals surface area contributed by atoms with Crippen LogP contribution < -0.4 is 0 Å². The van der Waals surface area contributed by atoms with Gasteiger partial charge in [-0.25, -0.2) is 0 Å². The molecule has 2 aromatic carbocycles. The number of hydrogen-bond donors (Lipinski definition) is 0. The Balaban J connectivity index is 2.47. The highest BCUT2D eigenvalue weighted by Crippen LogP contribution is 2.37. The molecule has 0 amide bonds. The molecule has 1 unspecified atom stereocenters. The Labute approximate surface area is 126 Å². The van der Waals surface area contributed by atoms with Gasteiger partial charge in [-0.3, -0.25) is 0 Å². The lowest BCUT2D eigenvalue weighted by Gasteiger charge is -2.20. The Morgan fingerprint density at radius 3 is 2.11 bits per heavy atom. The normalized spacial score (nSPS) is 12.7. The van der Waals surface area contributed by atoms with Gasteiger partial charge < -0.3 is 0 Å². The molecule has 0 saturated carbocycles. The third kappa shape index (κ3) is 3.13. The molecule has 94 valence electrons. The highest BCUT2D eigenvalue weighted by atomic mass is 35.5. The van der Waals surface area contributed by atoms with E-state index in [1.165, 1.54) is 0 Å². The van der Waals surface area contributed by atoms with Crippen molar-refractivity contribution in [3.63, 3.8) is 0 Å². The Kier molecular flexibility index (Phi) is 4.80. The number of halogens is 4. The van der Waals surface area contributed by atoms with Crippen LogP contribution in [0, 0.1) is 0 Å². The fraction of sp³-hybridized carbons (Fsp3) is 0.143. The highest BCUT2D eigenvalue weighted by molar-refractivity contribution is 6.45. The number of rotatable bonds is 3. The Morgan fingerprint density at radius 2 is 1.56 bits per heavy atom. The first-order valence-corrected chi connectivity index (χ1v) is 7.00. The number of alkyl halides is 2. The van der Waals surface area contributed by atoms with E-state index >= 15 is 0 Å². The molecule has 1 atom stereocenters. The minimum absolute atomic E-state index is 0.167. The Morgan fingerprint density at radius 1 is 0.889 bits per heavy atom. The summed E-state index contributed by atoms with van der Waals surface area (Å²) < 4.78 is 0. The largest absolute Gasteiger partial charge is 0.118 e. The molecule has 0 aliphatic rings. The molecule has 0 spiro atoms. The molecule has 0 aliphatic heterocycles. The maximum atomic E-state index is 6.20. The second-order valence-corrected chi connectivity index (χ2v) is 5.89. The predicted octanol–water partition coefficient (Wildman–Crippen LogP) is 5.93. The summed E-state index contributed by atoms with van der Waals surface area (Å²) >= 11 is 24.3. The van der Waals surface area contributed by atoms with Crippen molar-refractivity contribution in [3.05, 3.63) is 69.7 Å². The third-order valence-corrected chi connectivity index (χ3v) is 3.82. The van der Waals surface area contributed by atoms with Crippen LogP contribution in [0.2, 0.25) is 10.0 Å². The number of benzene rings is 2. The van der Waals surface area contributed by atoms with E-state index in [2.05, 4.69) is 0 Å². The molecule has 0 aromatic heterocycles. The first-order chi connectivity index (χ1) is 8.59. The second kappa shape index (κ2) is 6.16. The number of hydrogen-bond acceptors (Lipinski definition) is 0. The summed E-state index contributed by atoms with van der Waals surface area (Å²) in [6.07, 6.45) is 0. The van der Waals surface area contributed by atoms with E-state index in [1.807, 2.05) is 48.5 Å². The van der Waals surface area contributed by atoms with Gasteiger partial charge >= 0.3 is 0 Å². The zero-order chi connectivity index (χ0) is 13.1. The summed E-state index contributed by atoms with van der Waals surface area (Å²) in [5, 5.41) is 1.33. The van der Waals surface area contributed by atoms with E-state index in [4.69, 9.17) is 46.4 Å². The molecule has 2 aromatic rings. The van der Waals surface area contributed by atoms with Gasteiger partial charge in [0.2, 0.25) is 0 Å². The average molecular weight is 322 g/mol. The maximum absolute atomic E-state index is 6.20. The molecular weight excluding hydrogens is 312 g/mol. The predicted molar refractivity (Wildman–Crippen MR) is 80.2 cm³/mol. The Hall–Kier alpha value is -0.400. The Bertz CT molecular complexity index is 520. The van der Waals surface area contributed by atoms with Crippen molar-refractivity contribution in [2.75, 3.05) is 0 Å². The smallest absolute Gasteiger partial charge is 0.104 e. The summed E-state index contributed by atoms with van der Waals surface area (Å²) in [7, 11) is 0. The van der Waals surface area contributed by atoms with Crippen molar-refractivity contribution in [1.29, 1.82) is 0 Å². The van der Waals surface area contributed by atoms with Crippen molar-refractivity contribution >= 4 is 46.4 Å². The molecule has 18 heavy (non-hydrogen) atoms.